The zero-order chi connectivity index (χ0) is 17.4. The number of amides is 1. The molecular weight excluding hydrogens is 292 g/mol. The number of hydrogen-bond acceptors (Lipinski definition) is 4. The Bertz CT molecular complexity index is 501. The molecule has 1 aromatic rings. The van der Waals surface area contributed by atoms with E-state index >= 15 is 0 Å². The Hall–Kier alpha value is -1.75. The summed E-state index contributed by atoms with van der Waals surface area (Å²) in [4.78, 5) is 14.7. The average Bonchev–Trinajstić information content (AvgIpc) is 2.51. The molecule has 5 nitrogen and oxygen atoms in total. The van der Waals surface area contributed by atoms with Crippen LogP contribution >= 0.6 is 0 Å². The fourth-order valence-corrected chi connectivity index (χ4v) is 2.60. The van der Waals surface area contributed by atoms with E-state index in [1.54, 1.807) is 14.2 Å². The third-order valence-electron chi connectivity index (χ3n) is 3.80. The fraction of sp³-hybridized carbons (Fsp3) is 0.611. The number of nitrogens with zero attached hydrogens (tertiary/aromatic N) is 1. The standard InChI is InChI=1S/C18H30N2O3/c1-13(2)17(18(21)19-10-7-11-20(3)4)14-8-9-15(22-5)16(12-14)23-6/h8-9,12-13,17H,7,10-11H2,1-6H3,(H,19,21). The normalized spacial score (nSPS) is 12.3. The quantitative estimate of drug-likeness (QED) is 0.710. The van der Waals surface area contributed by atoms with Gasteiger partial charge >= 0.3 is 0 Å². The summed E-state index contributed by atoms with van der Waals surface area (Å²) in [7, 11) is 7.27. The van der Waals surface area contributed by atoms with Gasteiger partial charge in [-0.3, -0.25) is 4.79 Å². The summed E-state index contributed by atoms with van der Waals surface area (Å²) in [6.45, 7) is 5.76. The van der Waals surface area contributed by atoms with Gasteiger partial charge in [-0.25, -0.2) is 0 Å². The SMILES string of the molecule is COc1ccc(C(C(=O)NCCCN(C)C)C(C)C)cc1OC. The second-order valence-corrected chi connectivity index (χ2v) is 6.28. The van der Waals surface area contributed by atoms with Crippen molar-refractivity contribution in [3.05, 3.63) is 23.8 Å². The van der Waals surface area contributed by atoms with E-state index in [4.69, 9.17) is 9.47 Å². The van der Waals surface area contributed by atoms with E-state index in [9.17, 15) is 4.79 Å². The molecule has 1 atom stereocenters. The molecule has 0 radical (unpaired) electrons. The van der Waals surface area contributed by atoms with Crippen LogP contribution in [-0.4, -0.2) is 52.2 Å². The lowest BCUT2D eigenvalue weighted by Crippen LogP contribution is -2.33. The summed E-state index contributed by atoms with van der Waals surface area (Å²) in [6, 6.07) is 5.68. The van der Waals surface area contributed by atoms with Crippen LogP contribution < -0.4 is 14.8 Å². The second-order valence-electron chi connectivity index (χ2n) is 6.28. The van der Waals surface area contributed by atoms with Crippen molar-refractivity contribution in [1.29, 1.82) is 0 Å². The number of ether oxygens (including phenoxy) is 2. The van der Waals surface area contributed by atoms with Gasteiger partial charge in [-0.2, -0.15) is 0 Å². The molecule has 1 rings (SSSR count). The van der Waals surface area contributed by atoms with E-state index in [0.717, 1.165) is 18.5 Å². The smallest absolute Gasteiger partial charge is 0.227 e. The van der Waals surface area contributed by atoms with Gasteiger partial charge in [0.1, 0.15) is 0 Å². The van der Waals surface area contributed by atoms with Crippen molar-refractivity contribution in [2.75, 3.05) is 41.4 Å². The predicted molar refractivity (Wildman–Crippen MR) is 93.3 cm³/mol. The summed E-state index contributed by atoms with van der Waals surface area (Å²) in [6.07, 6.45) is 0.940. The van der Waals surface area contributed by atoms with Crippen LogP contribution in [-0.2, 0) is 4.79 Å². The Balaban J connectivity index is 2.83. The zero-order valence-electron chi connectivity index (χ0n) is 15.2. The van der Waals surface area contributed by atoms with E-state index in [1.807, 2.05) is 32.3 Å². The Labute approximate surface area is 140 Å². The third kappa shape index (κ3) is 5.75. The fourth-order valence-electron chi connectivity index (χ4n) is 2.60. The van der Waals surface area contributed by atoms with E-state index in [-0.39, 0.29) is 17.7 Å². The van der Waals surface area contributed by atoms with Crippen molar-refractivity contribution in [1.82, 2.24) is 10.2 Å². The number of rotatable bonds is 9. The first-order valence-corrected chi connectivity index (χ1v) is 8.05. The number of benzene rings is 1. The topological polar surface area (TPSA) is 50.8 Å². The lowest BCUT2D eigenvalue weighted by molar-refractivity contribution is -0.123. The highest BCUT2D eigenvalue weighted by Gasteiger charge is 2.25. The molecule has 1 unspecified atom stereocenters. The first-order valence-electron chi connectivity index (χ1n) is 8.05. The highest BCUT2D eigenvalue weighted by Crippen LogP contribution is 2.33. The van der Waals surface area contributed by atoms with Crippen LogP contribution in [0.1, 0.15) is 31.7 Å². The number of carbonyl (C=O) groups is 1. The van der Waals surface area contributed by atoms with Crippen LogP contribution in [0.4, 0.5) is 0 Å². The molecule has 0 bridgehead atoms. The molecule has 0 aromatic heterocycles. The molecule has 0 saturated carbocycles. The van der Waals surface area contributed by atoms with Gasteiger partial charge in [-0.05, 0) is 50.7 Å². The largest absolute Gasteiger partial charge is 0.493 e. The highest BCUT2D eigenvalue weighted by molar-refractivity contribution is 5.84. The lowest BCUT2D eigenvalue weighted by atomic mass is 9.87. The molecule has 0 saturated heterocycles. The van der Waals surface area contributed by atoms with Crippen LogP contribution in [0.25, 0.3) is 0 Å². The van der Waals surface area contributed by atoms with Crippen molar-refractivity contribution in [3.8, 4) is 11.5 Å². The van der Waals surface area contributed by atoms with Gasteiger partial charge in [0.25, 0.3) is 0 Å². The predicted octanol–water partition coefficient (Wildman–Crippen LogP) is 2.51. The molecule has 23 heavy (non-hydrogen) atoms. The molecule has 5 heteroatoms. The summed E-state index contributed by atoms with van der Waals surface area (Å²) in [5.74, 6) is 1.38. The maximum atomic E-state index is 12.6. The van der Waals surface area contributed by atoms with Gasteiger partial charge in [-0.1, -0.05) is 19.9 Å². The second kappa shape index (κ2) is 9.40. The van der Waals surface area contributed by atoms with E-state index in [1.165, 1.54) is 0 Å². The Morgan fingerprint density at radius 1 is 1.17 bits per heavy atom. The zero-order valence-corrected chi connectivity index (χ0v) is 15.2. The molecule has 0 spiro atoms. The van der Waals surface area contributed by atoms with Crippen LogP contribution in [0.2, 0.25) is 0 Å². The molecule has 0 aliphatic carbocycles. The van der Waals surface area contributed by atoms with Crippen molar-refractivity contribution in [2.24, 2.45) is 5.92 Å². The summed E-state index contributed by atoms with van der Waals surface area (Å²) in [5.41, 5.74) is 0.947. The van der Waals surface area contributed by atoms with Crippen molar-refractivity contribution in [3.63, 3.8) is 0 Å². The number of carbonyl (C=O) groups excluding carboxylic acids is 1. The van der Waals surface area contributed by atoms with Gasteiger partial charge in [0, 0.05) is 6.54 Å². The Kier molecular flexibility index (Phi) is 7.89. The number of nitrogens with one attached hydrogen (secondary N) is 1. The molecule has 130 valence electrons. The minimum Gasteiger partial charge on any atom is -0.493 e. The molecular formula is C18H30N2O3. The molecule has 0 fully saturated rings. The van der Waals surface area contributed by atoms with E-state index in [0.29, 0.717) is 18.0 Å². The number of methoxy groups -OCH3 is 2. The summed E-state index contributed by atoms with van der Waals surface area (Å²) >= 11 is 0. The molecule has 0 aliphatic heterocycles. The van der Waals surface area contributed by atoms with E-state index in [2.05, 4.69) is 24.1 Å². The summed E-state index contributed by atoms with van der Waals surface area (Å²) in [5, 5.41) is 3.05. The minimum atomic E-state index is -0.200. The summed E-state index contributed by atoms with van der Waals surface area (Å²) < 4.78 is 10.6. The lowest BCUT2D eigenvalue weighted by Gasteiger charge is -2.22. The first-order chi connectivity index (χ1) is 10.9. The molecule has 1 N–H and O–H groups in total. The van der Waals surface area contributed by atoms with Crippen LogP contribution in [0.3, 0.4) is 0 Å². The van der Waals surface area contributed by atoms with E-state index < -0.39 is 0 Å². The van der Waals surface area contributed by atoms with Crippen molar-refractivity contribution in [2.45, 2.75) is 26.2 Å². The van der Waals surface area contributed by atoms with Crippen molar-refractivity contribution >= 4 is 5.91 Å². The Morgan fingerprint density at radius 3 is 2.35 bits per heavy atom. The molecule has 1 aromatic carbocycles. The van der Waals surface area contributed by atoms with Crippen LogP contribution in [0.15, 0.2) is 18.2 Å². The highest BCUT2D eigenvalue weighted by atomic mass is 16.5. The first kappa shape index (κ1) is 19.3. The maximum absolute atomic E-state index is 12.6. The average molecular weight is 322 g/mol. The Morgan fingerprint density at radius 2 is 1.83 bits per heavy atom. The monoisotopic (exact) mass is 322 g/mol. The van der Waals surface area contributed by atoms with Gasteiger partial charge in [0.2, 0.25) is 5.91 Å². The van der Waals surface area contributed by atoms with Crippen LogP contribution in [0.5, 0.6) is 11.5 Å². The van der Waals surface area contributed by atoms with Crippen molar-refractivity contribution < 1.29 is 14.3 Å². The number of hydrogen-bond donors (Lipinski definition) is 1. The molecule has 1 amide bonds. The molecule has 0 aliphatic rings. The minimum absolute atomic E-state index is 0.0611. The third-order valence-corrected chi connectivity index (χ3v) is 3.80. The van der Waals surface area contributed by atoms with Gasteiger partial charge in [0.15, 0.2) is 11.5 Å². The molecule has 0 heterocycles. The van der Waals surface area contributed by atoms with Gasteiger partial charge in [-0.15, -0.1) is 0 Å². The van der Waals surface area contributed by atoms with Gasteiger partial charge < -0.3 is 19.7 Å². The van der Waals surface area contributed by atoms with Crippen LogP contribution in [0, 0.1) is 5.92 Å². The maximum Gasteiger partial charge on any atom is 0.227 e. The van der Waals surface area contributed by atoms with Gasteiger partial charge in [0.05, 0.1) is 20.1 Å².